The van der Waals surface area contributed by atoms with Crippen LogP contribution < -0.4 is 5.73 Å². The van der Waals surface area contributed by atoms with Crippen molar-refractivity contribution in [2.24, 2.45) is 11.7 Å². The first-order chi connectivity index (χ1) is 12.9. The predicted molar refractivity (Wildman–Crippen MR) is 106 cm³/mol. The van der Waals surface area contributed by atoms with Gasteiger partial charge in [-0.05, 0) is 62.6 Å². The van der Waals surface area contributed by atoms with E-state index < -0.39 is 10.0 Å². The number of hydrogen-bond donors (Lipinski definition) is 1. The Balaban J connectivity index is 1.51. The summed E-state index contributed by atoms with van der Waals surface area (Å²) in [5.41, 5.74) is 6.95. The zero-order valence-corrected chi connectivity index (χ0v) is 17.0. The van der Waals surface area contributed by atoms with E-state index in [1.54, 1.807) is 16.4 Å². The number of amides is 1. The Labute approximate surface area is 162 Å². The van der Waals surface area contributed by atoms with E-state index in [-0.39, 0.29) is 11.9 Å². The third kappa shape index (κ3) is 4.89. The summed E-state index contributed by atoms with van der Waals surface area (Å²) in [4.78, 5) is 14.7. The van der Waals surface area contributed by atoms with Crippen molar-refractivity contribution in [1.29, 1.82) is 0 Å². The quantitative estimate of drug-likeness (QED) is 0.801. The molecule has 0 aliphatic carbocycles. The molecule has 0 spiro atoms. The lowest BCUT2D eigenvalue weighted by Crippen LogP contribution is -2.42. The molecule has 0 saturated carbocycles. The molecule has 27 heavy (non-hydrogen) atoms. The second kappa shape index (κ2) is 8.71. The van der Waals surface area contributed by atoms with E-state index in [1.165, 1.54) is 0 Å². The van der Waals surface area contributed by atoms with E-state index in [1.807, 2.05) is 24.0 Å². The SMILES string of the molecule is CC(N)C1CCN(C(=O)CCc2ccc(S(=O)(=O)N3CCCC3)cc2)CC1. The Hall–Kier alpha value is -1.44. The molecular formula is C20H31N3O3S. The van der Waals surface area contributed by atoms with Crippen LogP contribution in [0.4, 0.5) is 0 Å². The first kappa shape index (κ1) is 20.3. The summed E-state index contributed by atoms with van der Waals surface area (Å²) in [5, 5.41) is 0. The van der Waals surface area contributed by atoms with Crippen molar-refractivity contribution < 1.29 is 13.2 Å². The number of benzene rings is 1. The fourth-order valence-corrected chi connectivity index (χ4v) is 5.51. The highest BCUT2D eigenvalue weighted by Crippen LogP contribution is 2.22. The number of rotatable bonds is 6. The van der Waals surface area contributed by atoms with Crippen molar-refractivity contribution >= 4 is 15.9 Å². The Morgan fingerprint density at radius 1 is 1.11 bits per heavy atom. The van der Waals surface area contributed by atoms with Gasteiger partial charge in [0.25, 0.3) is 0 Å². The standard InChI is InChI=1S/C20H31N3O3S/c1-16(21)18-10-14-22(15-11-18)20(24)9-6-17-4-7-19(8-5-17)27(25,26)23-12-2-3-13-23/h4-5,7-8,16,18H,2-3,6,9-15,21H2,1H3. The molecule has 3 rings (SSSR count). The van der Waals surface area contributed by atoms with Crippen LogP contribution in [0.2, 0.25) is 0 Å². The van der Waals surface area contributed by atoms with Crippen LogP contribution in [0.3, 0.4) is 0 Å². The topological polar surface area (TPSA) is 83.7 Å². The molecule has 0 aromatic heterocycles. The molecule has 0 bridgehead atoms. The van der Waals surface area contributed by atoms with Crippen LogP contribution in [-0.4, -0.2) is 55.8 Å². The van der Waals surface area contributed by atoms with Crippen LogP contribution in [0.5, 0.6) is 0 Å². The van der Waals surface area contributed by atoms with Gasteiger partial charge in [0.1, 0.15) is 0 Å². The lowest BCUT2D eigenvalue weighted by molar-refractivity contribution is -0.132. The van der Waals surface area contributed by atoms with Crippen LogP contribution in [-0.2, 0) is 21.2 Å². The molecule has 2 aliphatic rings. The molecular weight excluding hydrogens is 362 g/mol. The summed E-state index contributed by atoms with van der Waals surface area (Å²) >= 11 is 0. The maximum Gasteiger partial charge on any atom is 0.243 e. The van der Waals surface area contributed by atoms with Crippen molar-refractivity contribution in [3.8, 4) is 0 Å². The molecule has 2 heterocycles. The van der Waals surface area contributed by atoms with Gasteiger partial charge in [-0.3, -0.25) is 4.79 Å². The summed E-state index contributed by atoms with van der Waals surface area (Å²) < 4.78 is 26.7. The first-order valence-electron chi connectivity index (χ1n) is 10.0. The van der Waals surface area contributed by atoms with E-state index in [4.69, 9.17) is 5.73 Å². The summed E-state index contributed by atoms with van der Waals surface area (Å²) in [5.74, 6) is 0.686. The number of piperidine rings is 1. The molecule has 1 aromatic rings. The van der Waals surface area contributed by atoms with Gasteiger partial charge in [-0.2, -0.15) is 4.31 Å². The molecule has 7 heteroatoms. The molecule has 1 aromatic carbocycles. The monoisotopic (exact) mass is 393 g/mol. The zero-order chi connectivity index (χ0) is 19.4. The van der Waals surface area contributed by atoms with E-state index >= 15 is 0 Å². The van der Waals surface area contributed by atoms with Gasteiger partial charge in [0.05, 0.1) is 4.90 Å². The number of nitrogens with zero attached hydrogens (tertiary/aromatic N) is 2. The van der Waals surface area contributed by atoms with E-state index in [0.29, 0.717) is 36.7 Å². The second-order valence-electron chi connectivity index (χ2n) is 7.83. The van der Waals surface area contributed by atoms with Crippen molar-refractivity contribution in [1.82, 2.24) is 9.21 Å². The highest BCUT2D eigenvalue weighted by atomic mass is 32.2. The van der Waals surface area contributed by atoms with Crippen LogP contribution in [0, 0.1) is 5.92 Å². The van der Waals surface area contributed by atoms with Gasteiger partial charge in [-0.15, -0.1) is 0 Å². The van der Waals surface area contributed by atoms with Crippen molar-refractivity contribution in [2.75, 3.05) is 26.2 Å². The first-order valence-corrected chi connectivity index (χ1v) is 11.4. The summed E-state index contributed by atoms with van der Waals surface area (Å²) in [6.07, 6.45) is 4.91. The molecule has 1 unspecified atom stereocenters. The smallest absolute Gasteiger partial charge is 0.243 e. The van der Waals surface area contributed by atoms with E-state index in [0.717, 1.165) is 44.3 Å². The number of aryl methyl sites for hydroxylation is 1. The van der Waals surface area contributed by atoms with Crippen LogP contribution in [0.1, 0.15) is 44.6 Å². The number of carbonyl (C=O) groups is 1. The molecule has 2 aliphatic heterocycles. The fraction of sp³-hybridized carbons (Fsp3) is 0.650. The molecule has 2 saturated heterocycles. The third-order valence-electron chi connectivity index (χ3n) is 5.89. The number of carbonyl (C=O) groups excluding carboxylic acids is 1. The highest BCUT2D eigenvalue weighted by molar-refractivity contribution is 7.89. The van der Waals surface area contributed by atoms with Gasteiger partial charge < -0.3 is 10.6 Å². The van der Waals surface area contributed by atoms with Crippen LogP contribution in [0.25, 0.3) is 0 Å². The Morgan fingerprint density at radius 2 is 1.70 bits per heavy atom. The minimum absolute atomic E-state index is 0.173. The average Bonchev–Trinajstić information content (AvgIpc) is 3.22. The number of likely N-dealkylation sites (tertiary alicyclic amines) is 1. The van der Waals surface area contributed by atoms with Gasteiger partial charge in [-0.1, -0.05) is 12.1 Å². The normalized spacial score (nSPS) is 20.7. The largest absolute Gasteiger partial charge is 0.343 e. The number of nitrogens with two attached hydrogens (primary N) is 1. The molecule has 2 fully saturated rings. The van der Waals surface area contributed by atoms with Crippen molar-refractivity contribution in [2.45, 2.75) is 56.4 Å². The molecule has 0 radical (unpaired) electrons. The molecule has 150 valence electrons. The highest BCUT2D eigenvalue weighted by Gasteiger charge is 2.27. The molecule has 2 N–H and O–H groups in total. The Bertz CT molecular complexity index is 732. The Kier molecular flexibility index (Phi) is 6.55. The van der Waals surface area contributed by atoms with Crippen LogP contribution in [0.15, 0.2) is 29.2 Å². The number of hydrogen-bond acceptors (Lipinski definition) is 4. The minimum Gasteiger partial charge on any atom is -0.343 e. The maximum absolute atomic E-state index is 12.5. The Morgan fingerprint density at radius 3 is 2.26 bits per heavy atom. The zero-order valence-electron chi connectivity index (χ0n) is 16.1. The minimum atomic E-state index is -3.37. The second-order valence-corrected chi connectivity index (χ2v) is 9.77. The summed E-state index contributed by atoms with van der Waals surface area (Å²) in [6.45, 7) is 4.84. The van der Waals surface area contributed by atoms with E-state index in [9.17, 15) is 13.2 Å². The fourth-order valence-electron chi connectivity index (χ4n) is 3.99. The summed E-state index contributed by atoms with van der Waals surface area (Å²) in [7, 11) is -3.37. The molecule has 1 atom stereocenters. The third-order valence-corrected chi connectivity index (χ3v) is 7.80. The van der Waals surface area contributed by atoms with Crippen molar-refractivity contribution in [3.63, 3.8) is 0 Å². The number of sulfonamides is 1. The lowest BCUT2D eigenvalue weighted by Gasteiger charge is -2.33. The van der Waals surface area contributed by atoms with Gasteiger partial charge in [0, 0.05) is 38.6 Å². The van der Waals surface area contributed by atoms with Gasteiger partial charge >= 0.3 is 0 Å². The predicted octanol–water partition coefficient (Wildman–Crippen LogP) is 1.99. The average molecular weight is 394 g/mol. The van der Waals surface area contributed by atoms with Gasteiger partial charge in [0.15, 0.2) is 0 Å². The lowest BCUT2D eigenvalue weighted by atomic mass is 9.91. The van der Waals surface area contributed by atoms with Gasteiger partial charge in [-0.25, -0.2) is 8.42 Å². The summed E-state index contributed by atoms with van der Waals surface area (Å²) in [6, 6.07) is 7.19. The maximum atomic E-state index is 12.5. The van der Waals surface area contributed by atoms with Gasteiger partial charge in [0.2, 0.25) is 15.9 Å². The van der Waals surface area contributed by atoms with Crippen molar-refractivity contribution in [3.05, 3.63) is 29.8 Å². The molecule has 6 nitrogen and oxygen atoms in total. The molecule has 1 amide bonds. The van der Waals surface area contributed by atoms with E-state index in [2.05, 4.69) is 0 Å². The van der Waals surface area contributed by atoms with Crippen LogP contribution >= 0.6 is 0 Å².